The molecule has 1 N–H and O–H groups in total. The average molecular weight is 444 g/mol. The first-order valence-corrected chi connectivity index (χ1v) is 10.6. The van der Waals surface area contributed by atoms with Crippen LogP contribution in [-0.4, -0.2) is 34.6 Å². The Morgan fingerprint density at radius 2 is 1.83 bits per heavy atom. The second-order valence-corrected chi connectivity index (χ2v) is 8.73. The SMILES string of the molecule is COC(=O)[C@@H](NS(=O)(=O)c1ccc(Cl)cc1OC)C(C)c1c(F)ccc(C)c1C. The van der Waals surface area contributed by atoms with E-state index >= 15 is 0 Å². The number of nitrogens with one attached hydrogen (secondary N) is 1. The highest BCUT2D eigenvalue weighted by Gasteiger charge is 2.35. The monoisotopic (exact) mass is 443 g/mol. The minimum Gasteiger partial charge on any atom is -0.495 e. The van der Waals surface area contributed by atoms with Crippen molar-refractivity contribution in [1.82, 2.24) is 4.72 Å². The molecule has 0 aliphatic carbocycles. The quantitative estimate of drug-likeness (QED) is 0.659. The van der Waals surface area contributed by atoms with Gasteiger partial charge >= 0.3 is 5.97 Å². The Morgan fingerprint density at radius 3 is 2.41 bits per heavy atom. The van der Waals surface area contributed by atoms with E-state index in [1.807, 2.05) is 0 Å². The van der Waals surface area contributed by atoms with Crippen molar-refractivity contribution in [1.29, 1.82) is 0 Å². The summed E-state index contributed by atoms with van der Waals surface area (Å²) in [6.07, 6.45) is 0. The number of methoxy groups -OCH3 is 2. The van der Waals surface area contributed by atoms with Gasteiger partial charge in [0.1, 0.15) is 22.5 Å². The van der Waals surface area contributed by atoms with E-state index in [1.54, 1.807) is 26.8 Å². The Hall–Kier alpha value is -2.16. The van der Waals surface area contributed by atoms with Crippen molar-refractivity contribution < 1.29 is 27.1 Å². The summed E-state index contributed by atoms with van der Waals surface area (Å²) in [5.74, 6) is -2.19. The molecule has 0 aromatic heterocycles. The summed E-state index contributed by atoms with van der Waals surface area (Å²) in [4.78, 5) is 12.2. The summed E-state index contributed by atoms with van der Waals surface area (Å²) in [5, 5.41) is 0.288. The molecule has 9 heteroatoms. The number of carbonyl (C=O) groups is 1. The zero-order valence-corrected chi connectivity index (χ0v) is 18.3. The predicted octanol–water partition coefficient (Wildman–Crippen LogP) is 3.73. The van der Waals surface area contributed by atoms with Crippen molar-refractivity contribution in [2.75, 3.05) is 14.2 Å². The third-order valence-corrected chi connectivity index (χ3v) is 6.56. The van der Waals surface area contributed by atoms with Gasteiger partial charge in [0, 0.05) is 17.0 Å². The molecule has 6 nitrogen and oxygen atoms in total. The molecule has 2 aromatic rings. The minimum absolute atomic E-state index is 0.0131. The van der Waals surface area contributed by atoms with Crippen LogP contribution in [-0.2, 0) is 19.6 Å². The zero-order chi connectivity index (χ0) is 21.9. The Kier molecular flexibility index (Phi) is 7.26. The van der Waals surface area contributed by atoms with Crippen LogP contribution in [0, 0.1) is 19.7 Å². The molecule has 2 rings (SSSR count). The number of ether oxygens (including phenoxy) is 2. The lowest BCUT2D eigenvalue weighted by Gasteiger charge is -2.25. The van der Waals surface area contributed by atoms with Crippen molar-refractivity contribution in [3.8, 4) is 5.75 Å². The largest absolute Gasteiger partial charge is 0.495 e. The maximum absolute atomic E-state index is 14.6. The molecule has 0 saturated heterocycles. The molecule has 0 amide bonds. The highest BCUT2D eigenvalue weighted by Crippen LogP contribution is 2.31. The second-order valence-electron chi connectivity index (χ2n) is 6.61. The van der Waals surface area contributed by atoms with Crippen LogP contribution in [0.4, 0.5) is 4.39 Å². The van der Waals surface area contributed by atoms with E-state index in [2.05, 4.69) is 4.72 Å². The molecule has 0 bridgehead atoms. The van der Waals surface area contributed by atoms with Gasteiger partial charge in [0.15, 0.2) is 0 Å². The molecule has 0 spiro atoms. The number of halogens is 2. The van der Waals surface area contributed by atoms with Gasteiger partial charge in [-0.15, -0.1) is 0 Å². The molecule has 0 heterocycles. The van der Waals surface area contributed by atoms with Crippen LogP contribution in [0.1, 0.15) is 29.5 Å². The standard InChI is InChI=1S/C20H23ClFNO5S/c1-11-6-8-15(22)18(12(11)2)13(3)19(20(24)28-5)23-29(25,26)17-9-7-14(21)10-16(17)27-4/h6-10,13,19,23H,1-5H3/t13?,19-/m0/s1. The normalized spacial score (nSPS) is 13.6. The van der Waals surface area contributed by atoms with Crippen LogP contribution in [0.2, 0.25) is 5.02 Å². The van der Waals surface area contributed by atoms with Crippen molar-refractivity contribution >= 4 is 27.6 Å². The molecular formula is C20H23ClFNO5S. The highest BCUT2D eigenvalue weighted by atomic mass is 35.5. The van der Waals surface area contributed by atoms with Crippen LogP contribution in [0.3, 0.4) is 0 Å². The third kappa shape index (κ3) is 4.88. The first kappa shape index (κ1) is 23.1. The smallest absolute Gasteiger partial charge is 0.324 e. The maximum Gasteiger partial charge on any atom is 0.324 e. The summed E-state index contributed by atoms with van der Waals surface area (Å²) in [6.45, 7) is 5.09. The van der Waals surface area contributed by atoms with E-state index in [-0.39, 0.29) is 21.2 Å². The van der Waals surface area contributed by atoms with E-state index in [1.165, 1.54) is 31.4 Å². The number of hydrogen-bond donors (Lipinski definition) is 1. The molecule has 1 unspecified atom stereocenters. The lowest BCUT2D eigenvalue weighted by atomic mass is 9.88. The molecule has 2 atom stereocenters. The number of benzene rings is 2. The lowest BCUT2D eigenvalue weighted by molar-refractivity contribution is -0.143. The molecular weight excluding hydrogens is 421 g/mol. The topological polar surface area (TPSA) is 81.7 Å². The van der Waals surface area contributed by atoms with E-state index in [4.69, 9.17) is 21.1 Å². The number of hydrogen-bond acceptors (Lipinski definition) is 5. The molecule has 0 saturated carbocycles. The van der Waals surface area contributed by atoms with Gasteiger partial charge in [-0.05, 0) is 48.7 Å². The van der Waals surface area contributed by atoms with Crippen LogP contribution in [0.15, 0.2) is 35.2 Å². The molecule has 0 aliphatic rings. The van der Waals surface area contributed by atoms with Gasteiger partial charge in [0.05, 0.1) is 14.2 Å². The van der Waals surface area contributed by atoms with Crippen LogP contribution in [0.25, 0.3) is 0 Å². The molecule has 0 aliphatic heterocycles. The van der Waals surface area contributed by atoms with E-state index < -0.39 is 33.8 Å². The van der Waals surface area contributed by atoms with Crippen molar-refractivity contribution in [2.45, 2.75) is 37.6 Å². The number of esters is 1. The van der Waals surface area contributed by atoms with Crippen molar-refractivity contribution in [3.05, 3.63) is 57.9 Å². The van der Waals surface area contributed by atoms with Gasteiger partial charge in [0.25, 0.3) is 0 Å². The first-order chi connectivity index (χ1) is 13.5. The Balaban J connectivity index is 2.52. The van der Waals surface area contributed by atoms with Crippen LogP contribution in [0.5, 0.6) is 5.75 Å². The fourth-order valence-electron chi connectivity index (χ4n) is 3.11. The van der Waals surface area contributed by atoms with Crippen LogP contribution < -0.4 is 9.46 Å². The van der Waals surface area contributed by atoms with E-state index in [0.717, 1.165) is 12.7 Å². The molecule has 0 radical (unpaired) electrons. The minimum atomic E-state index is -4.22. The van der Waals surface area contributed by atoms with Crippen molar-refractivity contribution in [3.63, 3.8) is 0 Å². The highest BCUT2D eigenvalue weighted by molar-refractivity contribution is 7.89. The molecule has 158 valence electrons. The summed E-state index contributed by atoms with van der Waals surface area (Å²) in [5.41, 5.74) is 1.69. The molecule has 2 aromatic carbocycles. The van der Waals surface area contributed by atoms with Gasteiger partial charge in [-0.2, -0.15) is 4.72 Å². The Bertz CT molecular complexity index is 1030. The van der Waals surface area contributed by atoms with Gasteiger partial charge in [0.2, 0.25) is 10.0 Å². The third-order valence-electron chi connectivity index (χ3n) is 4.84. The van der Waals surface area contributed by atoms with E-state index in [9.17, 15) is 17.6 Å². The number of aryl methyl sites for hydroxylation is 1. The molecule has 0 fully saturated rings. The van der Waals surface area contributed by atoms with Crippen molar-refractivity contribution in [2.24, 2.45) is 0 Å². The van der Waals surface area contributed by atoms with E-state index in [0.29, 0.717) is 5.56 Å². The van der Waals surface area contributed by atoms with Gasteiger partial charge < -0.3 is 9.47 Å². The molecule has 29 heavy (non-hydrogen) atoms. The summed E-state index contributed by atoms with van der Waals surface area (Å²) in [6, 6.07) is 5.55. The lowest BCUT2D eigenvalue weighted by Crippen LogP contribution is -2.45. The number of carbonyl (C=O) groups excluding carboxylic acids is 1. The van der Waals surface area contributed by atoms with Crippen LogP contribution >= 0.6 is 11.6 Å². The fourth-order valence-corrected chi connectivity index (χ4v) is 4.68. The Morgan fingerprint density at radius 1 is 1.17 bits per heavy atom. The maximum atomic E-state index is 14.6. The fraction of sp³-hybridized carbons (Fsp3) is 0.350. The Labute approximate surface area is 175 Å². The zero-order valence-electron chi connectivity index (χ0n) is 16.7. The summed E-state index contributed by atoms with van der Waals surface area (Å²) in [7, 11) is -1.78. The average Bonchev–Trinajstić information content (AvgIpc) is 2.68. The summed E-state index contributed by atoms with van der Waals surface area (Å²) < 4.78 is 52.8. The second kappa shape index (κ2) is 9.11. The van der Waals surface area contributed by atoms with Gasteiger partial charge in [-0.1, -0.05) is 24.6 Å². The predicted molar refractivity (Wildman–Crippen MR) is 108 cm³/mol. The summed E-state index contributed by atoms with van der Waals surface area (Å²) >= 11 is 5.89. The number of sulfonamides is 1. The van der Waals surface area contributed by atoms with Gasteiger partial charge in [-0.25, -0.2) is 12.8 Å². The van der Waals surface area contributed by atoms with Gasteiger partial charge in [-0.3, -0.25) is 4.79 Å². The number of rotatable bonds is 7. The first-order valence-electron chi connectivity index (χ1n) is 8.72.